The molecule has 0 radical (unpaired) electrons. The summed E-state index contributed by atoms with van der Waals surface area (Å²) in [7, 11) is 0. The van der Waals surface area contributed by atoms with Gasteiger partial charge in [-0.05, 0) is 48.7 Å². The van der Waals surface area contributed by atoms with Gasteiger partial charge in [-0.1, -0.05) is 23.7 Å². The molecule has 5 nitrogen and oxygen atoms in total. The number of thiophene rings is 1. The summed E-state index contributed by atoms with van der Waals surface area (Å²) < 4.78 is 52.5. The predicted molar refractivity (Wildman–Crippen MR) is 120 cm³/mol. The minimum absolute atomic E-state index is 0.0645. The first-order chi connectivity index (χ1) is 15.6. The van der Waals surface area contributed by atoms with Gasteiger partial charge in [0.05, 0.1) is 18.0 Å². The van der Waals surface area contributed by atoms with E-state index in [1.54, 1.807) is 25.1 Å². The molecule has 0 bridgehead atoms. The number of anilines is 1. The van der Waals surface area contributed by atoms with Crippen molar-refractivity contribution in [2.75, 3.05) is 18.0 Å². The Labute approximate surface area is 196 Å². The number of hydrogen-bond acceptors (Lipinski definition) is 5. The molecule has 1 aliphatic heterocycles. The Hall–Kier alpha value is -2.72. The molecule has 0 aliphatic carbocycles. The average Bonchev–Trinajstić information content (AvgIpc) is 3.18. The van der Waals surface area contributed by atoms with E-state index in [1.165, 1.54) is 16.7 Å². The van der Waals surface area contributed by atoms with Crippen LogP contribution in [0.15, 0.2) is 41.2 Å². The van der Waals surface area contributed by atoms with Crippen LogP contribution in [0, 0.1) is 12.7 Å². The highest BCUT2D eigenvalue weighted by Gasteiger charge is 2.28. The molecular formula is C22H19ClF4N4OS. The van der Waals surface area contributed by atoms with Crippen LogP contribution in [-0.2, 0) is 13.0 Å². The van der Waals surface area contributed by atoms with Crippen LogP contribution < -0.4 is 10.6 Å². The standard InChI is InChI=1S/C22H19ClF4N4OS/c1-13-28-20(30-8-6-14(7-9-30)15-2-5-19(24)18(23)10-15)29-21(32)31(13)12-17-4-3-16(33-17)11-22(25,26)27/h2-6,10H,7-9,11-12H2,1H3. The minimum atomic E-state index is -4.27. The zero-order valence-corrected chi connectivity index (χ0v) is 19.1. The van der Waals surface area contributed by atoms with Crippen LogP contribution in [0.1, 0.15) is 27.6 Å². The Morgan fingerprint density at radius 1 is 1.15 bits per heavy atom. The predicted octanol–water partition coefficient (Wildman–Crippen LogP) is 5.25. The molecule has 0 fully saturated rings. The monoisotopic (exact) mass is 498 g/mol. The van der Waals surface area contributed by atoms with Crippen LogP contribution in [0.25, 0.3) is 5.57 Å². The molecule has 0 saturated heterocycles. The molecule has 0 unspecified atom stereocenters. The smallest absolute Gasteiger partial charge is 0.337 e. The van der Waals surface area contributed by atoms with E-state index in [4.69, 9.17) is 11.6 Å². The zero-order chi connectivity index (χ0) is 23.8. The first-order valence-corrected chi connectivity index (χ1v) is 11.3. The normalized spacial score (nSPS) is 14.5. The molecule has 1 aliphatic rings. The Bertz CT molecular complexity index is 1270. The highest BCUT2D eigenvalue weighted by atomic mass is 35.5. The average molecular weight is 499 g/mol. The fourth-order valence-electron chi connectivity index (χ4n) is 3.60. The van der Waals surface area contributed by atoms with Gasteiger partial charge in [-0.15, -0.1) is 11.3 Å². The van der Waals surface area contributed by atoms with Crippen molar-refractivity contribution in [3.8, 4) is 0 Å². The Morgan fingerprint density at radius 2 is 1.91 bits per heavy atom. The quantitative estimate of drug-likeness (QED) is 0.451. The number of halogens is 5. The fourth-order valence-corrected chi connectivity index (χ4v) is 4.82. The zero-order valence-electron chi connectivity index (χ0n) is 17.5. The van der Waals surface area contributed by atoms with Crippen molar-refractivity contribution in [2.45, 2.75) is 32.5 Å². The van der Waals surface area contributed by atoms with Crippen molar-refractivity contribution in [1.29, 1.82) is 0 Å². The maximum Gasteiger partial charge on any atom is 0.393 e. The summed E-state index contributed by atoms with van der Waals surface area (Å²) in [5.74, 6) is 0.253. The summed E-state index contributed by atoms with van der Waals surface area (Å²) in [6.07, 6.45) is -2.66. The maximum atomic E-state index is 13.4. The lowest BCUT2D eigenvalue weighted by Gasteiger charge is -2.27. The third kappa shape index (κ3) is 5.62. The first kappa shape index (κ1) is 23.4. The van der Waals surface area contributed by atoms with Gasteiger partial charge >= 0.3 is 11.9 Å². The van der Waals surface area contributed by atoms with Crippen molar-refractivity contribution < 1.29 is 17.6 Å². The van der Waals surface area contributed by atoms with Crippen LogP contribution in [0.3, 0.4) is 0 Å². The van der Waals surface area contributed by atoms with Crippen LogP contribution in [0.4, 0.5) is 23.5 Å². The molecule has 3 heterocycles. The molecule has 1 aromatic carbocycles. The number of alkyl halides is 3. The number of nitrogens with zero attached hydrogens (tertiary/aromatic N) is 4. The van der Waals surface area contributed by atoms with Crippen molar-refractivity contribution >= 4 is 34.5 Å². The van der Waals surface area contributed by atoms with E-state index in [9.17, 15) is 22.4 Å². The number of rotatable bonds is 5. The van der Waals surface area contributed by atoms with Gasteiger partial charge in [0.15, 0.2) is 0 Å². The topological polar surface area (TPSA) is 51.0 Å². The van der Waals surface area contributed by atoms with E-state index in [0.29, 0.717) is 36.2 Å². The van der Waals surface area contributed by atoms with Crippen molar-refractivity contribution in [1.82, 2.24) is 14.5 Å². The maximum absolute atomic E-state index is 13.4. The van der Waals surface area contributed by atoms with E-state index in [1.807, 2.05) is 11.0 Å². The van der Waals surface area contributed by atoms with E-state index in [2.05, 4.69) is 9.97 Å². The van der Waals surface area contributed by atoms with Gasteiger partial charge in [0.25, 0.3) is 0 Å². The third-order valence-corrected chi connectivity index (χ3v) is 6.63. The summed E-state index contributed by atoms with van der Waals surface area (Å²) in [6, 6.07) is 7.61. The largest absolute Gasteiger partial charge is 0.393 e. The van der Waals surface area contributed by atoms with Crippen LogP contribution in [0.2, 0.25) is 5.02 Å². The SMILES string of the molecule is Cc1nc(N2CC=C(c3ccc(F)c(Cl)c3)CC2)nc(=O)n1Cc1ccc(CC(F)(F)F)s1. The number of benzene rings is 1. The molecule has 0 saturated carbocycles. The lowest BCUT2D eigenvalue weighted by molar-refractivity contribution is -0.126. The second-order valence-corrected chi connectivity index (χ2v) is 9.31. The van der Waals surface area contributed by atoms with Crippen molar-refractivity contribution in [3.05, 3.63) is 78.9 Å². The summed E-state index contributed by atoms with van der Waals surface area (Å²) in [4.78, 5) is 23.9. The van der Waals surface area contributed by atoms with E-state index in [0.717, 1.165) is 22.5 Å². The summed E-state index contributed by atoms with van der Waals surface area (Å²) >= 11 is 6.89. The van der Waals surface area contributed by atoms with Gasteiger partial charge in [-0.3, -0.25) is 4.57 Å². The minimum Gasteiger partial charge on any atom is -0.337 e. The number of aryl methyl sites for hydroxylation is 1. The molecule has 0 amide bonds. The Morgan fingerprint density at radius 3 is 2.55 bits per heavy atom. The number of aromatic nitrogens is 3. The molecule has 0 atom stereocenters. The second kappa shape index (κ2) is 9.26. The molecule has 11 heteroatoms. The summed E-state index contributed by atoms with van der Waals surface area (Å²) in [6.45, 7) is 2.82. The Kier molecular flexibility index (Phi) is 6.58. The molecule has 174 valence electrons. The lowest BCUT2D eigenvalue weighted by Crippen LogP contribution is -2.35. The van der Waals surface area contributed by atoms with Gasteiger partial charge in [-0.2, -0.15) is 23.1 Å². The first-order valence-electron chi connectivity index (χ1n) is 10.1. The van der Waals surface area contributed by atoms with E-state index in [-0.39, 0.29) is 16.4 Å². The van der Waals surface area contributed by atoms with E-state index < -0.39 is 24.1 Å². The Balaban J connectivity index is 1.48. The van der Waals surface area contributed by atoms with Gasteiger partial charge in [0, 0.05) is 22.8 Å². The van der Waals surface area contributed by atoms with Gasteiger partial charge in [-0.25, -0.2) is 9.18 Å². The second-order valence-electron chi connectivity index (χ2n) is 7.65. The van der Waals surface area contributed by atoms with Crippen molar-refractivity contribution in [3.63, 3.8) is 0 Å². The van der Waals surface area contributed by atoms with Gasteiger partial charge in [0.1, 0.15) is 11.6 Å². The van der Waals surface area contributed by atoms with E-state index >= 15 is 0 Å². The van der Waals surface area contributed by atoms with Crippen LogP contribution in [-0.4, -0.2) is 33.8 Å². The fraction of sp³-hybridized carbons (Fsp3) is 0.318. The highest BCUT2D eigenvalue weighted by Crippen LogP contribution is 2.28. The molecule has 0 N–H and O–H groups in total. The summed E-state index contributed by atoms with van der Waals surface area (Å²) in [5.41, 5.74) is 1.35. The van der Waals surface area contributed by atoms with Crippen LogP contribution >= 0.6 is 22.9 Å². The molecule has 0 spiro atoms. The molecule has 2 aromatic heterocycles. The van der Waals surface area contributed by atoms with Crippen LogP contribution in [0.5, 0.6) is 0 Å². The lowest BCUT2D eigenvalue weighted by atomic mass is 9.99. The molecule has 33 heavy (non-hydrogen) atoms. The molecule has 4 rings (SSSR count). The molecular weight excluding hydrogens is 480 g/mol. The third-order valence-electron chi connectivity index (χ3n) is 5.27. The van der Waals surface area contributed by atoms with Gasteiger partial charge in [0.2, 0.25) is 5.95 Å². The highest BCUT2D eigenvalue weighted by molar-refractivity contribution is 7.12. The number of hydrogen-bond donors (Lipinski definition) is 0. The summed E-state index contributed by atoms with van der Waals surface area (Å²) in [5, 5.41) is 0.0645. The molecule has 3 aromatic rings. The van der Waals surface area contributed by atoms with Crippen molar-refractivity contribution in [2.24, 2.45) is 0 Å². The van der Waals surface area contributed by atoms with Gasteiger partial charge < -0.3 is 4.90 Å².